The van der Waals surface area contributed by atoms with Crippen molar-refractivity contribution in [3.8, 4) is 11.5 Å². The topological polar surface area (TPSA) is 21.3 Å². The van der Waals surface area contributed by atoms with E-state index >= 15 is 0 Å². The predicted molar refractivity (Wildman–Crippen MR) is 80.1 cm³/mol. The van der Waals surface area contributed by atoms with Crippen molar-refractivity contribution in [2.24, 2.45) is 0 Å². The van der Waals surface area contributed by atoms with E-state index in [4.69, 9.17) is 16.3 Å². The Kier molecular flexibility index (Phi) is 4.63. The standard InChI is InChI=1S/C16H17ClFNO/c1-10-9-12(7-8-13(10)17)20-15-6-4-5-14(18)16(15)11(2)19-3/h4-9,11,19H,1-3H3. The molecule has 0 saturated heterocycles. The third kappa shape index (κ3) is 3.11. The van der Waals surface area contributed by atoms with E-state index < -0.39 is 0 Å². The van der Waals surface area contributed by atoms with E-state index in [0.717, 1.165) is 5.56 Å². The van der Waals surface area contributed by atoms with Crippen molar-refractivity contribution in [2.75, 3.05) is 7.05 Å². The molecule has 1 N–H and O–H groups in total. The highest BCUT2D eigenvalue weighted by Crippen LogP contribution is 2.32. The molecule has 20 heavy (non-hydrogen) atoms. The van der Waals surface area contributed by atoms with E-state index in [9.17, 15) is 4.39 Å². The smallest absolute Gasteiger partial charge is 0.135 e. The fourth-order valence-corrected chi connectivity index (χ4v) is 2.10. The van der Waals surface area contributed by atoms with Crippen LogP contribution in [0, 0.1) is 12.7 Å². The van der Waals surface area contributed by atoms with Crippen molar-refractivity contribution >= 4 is 11.6 Å². The lowest BCUT2D eigenvalue weighted by Crippen LogP contribution is -2.14. The van der Waals surface area contributed by atoms with Gasteiger partial charge >= 0.3 is 0 Å². The molecule has 1 atom stereocenters. The van der Waals surface area contributed by atoms with Crippen LogP contribution < -0.4 is 10.1 Å². The van der Waals surface area contributed by atoms with Crippen molar-refractivity contribution in [3.05, 3.63) is 58.4 Å². The molecule has 0 aromatic heterocycles. The lowest BCUT2D eigenvalue weighted by molar-refractivity contribution is 0.452. The second-order valence-corrected chi connectivity index (χ2v) is 5.08. The zero-order valence-corrected chi connectivity index (χ0v) is 12.5. The molecule has 0 amide bonds. The van der Waals surface area contributed by atoms with Crippen molar-refractivity contribution in [1.82, 2.24) is 5.32 Å². The zero-order chi connectivity index (χ0) is 14.7. The van der Waals surface area contributed by atoms with Gasteiger partial charge in [-0.1, -0.05) is 17.7 Å². The van der Waals surface area contributed by atoms with Crippen LogP contribution in [0.2, 0.25) is 5.02 Å². The number of halogens is 2. The van der Waals surface area contributed by atoms with E-state index in [1.165, 1.54) is 6.07 Å². The average molecular weight is 294 g/mol. The van der Waals surface area contributed by atoms with Crippen LogP contribution in [-0.2, 0) is 0 Å². The number of ether oxygens (including phenoxy) is 1. The van der Waals surface area contributed by atoms with Gasteiger partial charge in [-0.3, -0.25) is 0 Å². The summed E-state index contributed by atoms with van der Waals surface area (Å²) in [5.74, 6) is 0.866. The molecule has 0 aliphatic heterocycles. The van der Waals surface area contributed by atoms with Crippen molar-refractivity contribution in [3.63, 3.8) is 0 Å². The number of rotatable bonds is 4. The van der Waals surface area contributed by atoms with E-state index in [0.29, 0.717) is 22.1 Å². The second-order valence-electron chi connectivity index (χ2n) is 4.68. The van der Waals surface area contributed by atoms with Crippen molar-refractivity contribution in [1.29, 1.82) is 0 Å². The largest absolute Gasteiger partial charge is 0.457 e. The van der Waals surface area contributed by atoms with Gasteiger partial charge in [0.2, 0.25) is 0 Å². The summed E-state index contributed by atoms with van der Waals surface area (Å²) in [6, 6.07) is 10.1. The summed E-state index contributed by atoms with van der Waals surface area (Å²) >= 11 is 5.99. The molecule has 0 aliphatic carbocycles. The monoisotopic (exact) mass is 293 g/mol. The Bertz CT molecular complexity index is 615. The number of hydrogen-bond donors (Lipinski definition) is 1. The lowest BCUT2D eigenvalue weighted by atomic mass is 10.1. The first-order chi connectivity index (χ1) is 9.52. The average Bonchev–Trinajstić information content (AvgIpc) is 2.42. The third-order valence-electron chi connectivity index (χ3n) is 3.24. The number of aryl methyl sites for hydroxylation is 1. The number of nitrogens with one attached hydrogen (secondary N) is 1. The van der Waals surface area contributed by atoms with Crippen LogP contribution in [0.4, 0.5) is 4.39 Å². The summed E-state index contributed by atoms with van der Waals surface area (Å²) in [6.45, 7) is 3.79. The molecule has 0 fully saturated rings. The Balaban J connectivity index is 2.38. The molecule has 1 unspecified atom stereocenters. The first-order valence-electron chi connectivity index (χ1n) is 6.42. The van der Waals surface area contributed by atoms with E-state index in [-0.39, 0.29) is 11.9 Å². The van der Waals surface area contributed by atoms with Crippen molar-refractivity contribution in [2.45, 2.75) is 19.9 Å². The Labute approximate surface area is 123 Å². The molecule has 2 aromatic carbocycles. The van der Waals surface area contributed by atoms with Gasteiger partial charge in [0.15, 0.2) is 0 Å². The molecule has 0 heterocycles. The summed E-state index contributed by atoms with van der Waals surface area (Å²) in [7, 11) is 1.79. The Morgan fingerprint density at radius 1 is 1.25 bits per heavy atom. The van der Waals surface area contributed by atoms with Gasteiger partial charge in [-0.15, -0.1) is 0 Å². The molecule has 0 spiro atoms. The van der Waals surface area contributed by atoms with Gasteiger partial charge in [-0.2, -0.15) is 0 Å². The minimum atomic E-state index is -0.282. The van der Waals surface area contributed by atoms with Gasteiger partial charge in [0.05, 0.1) is 0 Å². The summed E-state index contributed by atoms with van der Waals surface area (Å²) in [5, 5.41) is 3.71. The lowest BCUT2D eigenvalue weighted by Gasteiger charge is -2.17. The Morgan fingerprint density at radius 2 is 2.00 bits per heavy atom. The van der Waals surface area contributed by atoms with Crippen LogP contribution in [0.15, 0.2) is 36.4 Å². The summed E-state index contributed by atoms with van der Waals surface area (Å²) in [5.41, 5.74) is 1.44. The molecule has 4 heteroatoms. The molecule has 0 aliphatic rings. The minimum Gasteiger partial charge on any atom is -0.457 e. The third-order valence-corrected chi connectivity index (χ3v) is 3.66. The highest BCUT2D eigenvalue weighted by Gasteiger charge is 2.16. The van der Waals surface area contributed by atoms with E-state index in [1.54, 1.807) is 31.3 Å². The Hall–Kier alpha value is -1.58. The molecular weight excluding hydrogens is 277 g/mol. The second kappa shape index (κ2) is 6.25. The molecule has 2 aromatic rings. The van der Waals surface area contributed by atoms with Crippen LogP contribution in [0.25, 0.3) is 0 Å². The maximum Gasteiger partial charge on any atom is 0.135 e. The maximum absolute atomic E-state index is 14.0. The fraction of sp³-hybridized carbons (Fsp3) is 0.250. The van der Waals surface area contributed by atoms with Crippen LogP contribution in [-0.4, -0.2) is 7.05 Å². The molecule has 0 saturated carbocycles. The zero-order valence-electron chi connectivity index (χ0n) is 11.7. The molecule has 2 rings (SSSR count). The van der Waals surface area contributed by atoms with Gasteiger partial charge in [0, 0.05) is 16.6 Å². The van der Waals surface area contributed by atoms with E-state index in [2.05, 4.69) is 5.32 Å². The predicted octanol–water partition coefficient (Wildman–Crippen LogP) is 4.86. The van der Waals surface area contributed by atoms with Crippen molar-refractivity contribution < 1.29 is 9.13 Å². The van der Waals surface area contributed by atoms with Crippen LogP contribution in [0.1, 0.15) is 24.1 Å². The van der Waals surface area contributed by atoms with Crippen LogP contribution >= 0.6 is 11.6 Å². The normalized spacial score (nSPS) is 12.2. The first kappa shape index (κ1) is 14.8. The van der Waals surface area contributed by atoms with Gasteiger partial charge < -0.3 is 10.1 Å². The maximum atomic E-state index is 14.0. The van der Waals surface area contributed by atoms with Crippen LogP contribution in [0.5, 0.6) is 11.5 Å². The number of hydrogen-bond acceptors (Lipinski definition) is 2. The highest BCUT2D eigenvalue weighted by molar-refractivity contribution is 6.31. The fourth-order valence-electron chi connectivity index (χ4n) is 1.98. The molecule has 0 radical (unpaired) electrons. The highest BCUT2D eigenvalue weighted by atomic mass is 35.5. The van der Waals surface area contributed by atoms with Gasteiger partial charge in [0.1, 0.15) is 17.3 Å². The molecular formula is C16H17ClFNO. The SMILES string of the molecule is CNC(C)c1c(F)cccc1Oc1ccc(Cl)c(C)c1. The number of benzene rings is 2. The molecule has 2 nitrogen and oxygen atoms in total. The summed E-state index contributed by atoms with van der Waals surface area (Å²) in [4.78, 5) is 0. The van der Waals surface area contributed by atoms with Gasteiger partial charge in [0.25, 0.3) is 0 Å². The quantitative estimate of drug-likeness (QED) is 0.869. The first-order valence-corrected chi connectivity index (χ1v) is 6.80. The molecule has 106 valence electrons. The minimum absolute atomic E-state index is 0.139. The van der Waals surface area contributed by atoms with E-state index in [1.807, 2.05) is 19.9 Å². The van der Waals surface area contributed by atoms with Gasteiger partial charge in [-0.25, -0.2) is 4.39 Å². The molecule has 0 bridgehead atoms. The van der Waals surface area contributed by atoms with Crippen LogP contribution in [0.3, 0.4) is 0 Å². The summed E-state index contributed by atoms with van der Waals surface area (Å²) in [6.07, 6.45) is 0. The summed E-state index contributed by atoms with van der Waals surface area (Å²) < 4.78 is 19.8. The van der Waals surface area contributed by atoms with Gasteiger partial charge in [-0.05, 0) is 56.8 Å². The Morgan fingerprint density at radius 3 is 2.65 bits per heavy atom.